The number of nitrogens with one attached hydrogen (secondary N) is 1. The minimum Gasteiger partial charge on any atom is -0.352 e. The van der Waals surface area contributed by atoms with E-state index >= 15 is 0 Å². The molecule has 2 aliphatic heterocycles. The van der Waals surface area contributed by atoms with Crippen LogP contribution in [0.1, 0.15) is 36.0 Å². The van der Waals surface area contributed by atoms with Crippen molar-refractivity contribution in [2.75, 3.05) is 22.9 Å². The van der Waals surface area contributed by atoms with Gasteiger partial charge in [0.1, 0.15) is 0 Å². The molecule has 2 heterocycles. The summed E-state index contributed by atoms with van der Waals surface area (Å²) in [5, 5.41) is 2.97. The first kappa shape index (κ1) is 19.8. The Bertz CT molecular complexity index is 1040. The van der Waals surface area contributed by atoms with Gasteiger partial charge in [0.05, 0.1) is 5.92 Å². The van der Waals surface area contributed by atoms with Gasteiger partial charge in [0.25, 0.3) is 0 Å². The molecule has 2 aromatic carbocycles. The molecule has 0 spiro atoms. The molecule has 31 heavy (non-hydrogen) atoms. The second kappa shape index (κ2) is 7.84. The van der Waals surface area contributed by atoms with Crippen LogP contribution in [0.4, 0.5) is 11.4 Å². The van der Waals surface area contributed by atoms with Crippen molar-refractivity contribution >= 4 is 29.1 Å². The van der Waals surface area contributed by atoms with Gasteiger partial charge in [-0.1, -0.05) is 29.8 Å². The zero-order valence-electron chi connectivity index (χ0n) is 17.8. The molecule has 1 saturated heterocycles. The van der Waals surface area contributed by atoms with Crippen molar-refractivity contribution < 1.29 is 14.4 Å². The van der Waals surface area contributed by atoms with Crippen molar-refractivity contribution in [2.24, 2.45) is 11.8 Å². The largest absolute Gasteiger partial charge is 0.352 e. The number of anilines is 2. The molecule has 0 bridgehead atoms. The molecular weight excluding hydrogens is 390 g/mol. The fraction of sp³-hybridized carbons (Fsp3) is 0.400. The van der Waals surface area contributed by atoms with Crippen LogP contribution in [-0.2, 0) is 27.3 Å². The standard InChI is InChI=1S/C25H27N3O3/c1-16-2-4-17(5-3-16)14-26-24(30)20-13-23(29)28(15-20)21-8-9-22-19(12-21)10-11-27(22)25(31)18-6-7-18/h2-5,8-9,12,18,20H,6-7,10-11,13-15H2,1H3,(H,26,30)/t20-/m0/s1. The number of aryl methyl sites for hydroxylation is 1. The van der Waals surface area contributed by atoms with E-state index in [0.29, 0.717) is 19.6 Å². The summed E-state index contributed by atoms with van der Waals surface area (Å²) in [7, 11) is 0. The van der Waals surface area contributed by atoms with E-state index in [1.807, 2.05) is 54.3 Å². The molecule has 0 aromatic heterocycles. The molecule has 5 rings (SSSR count). The normalized spacial score (nSPS) is 20.2. The van der Waals surface area contributed by atoms with Crippen molar-refractivity contribution in [3.63, 3.8) is 0 Å². The van der Waals surface area contributed by atoms with E-state index in [2.05, 4.69) is 5.32 Å². The van der Waals surface area contributed by atoms with E-state index in [0.717, 1.165) is 41.8 Å². The van der Waals surface area contributed by atoms with Crippen molar-refractivity contribution in [3.8, 4) is 0 Å². The number of amides is 3. The van der Waals surface area contributed by atoms with Gasteiger partial charge in [-0.25, -0.2) is 0 Å². The summed E-state index contributed by atoms with van der Waals surface area (Å²) >= 11 is 0. The Hall–Kier alpha value is -3.15. The van der Waals surface area contributed by atoms with Gasteiger partial charge < -0.3 is 15.1 Å². The lowest BCUT2D eigenvalue weighted by atomic mass is 10.1. The fourth-order valence-corrected chi connectivity index (χ4v) is 4.51. The maximum Gasteiger partial charge on any atom is 0.230 e. The molecule has 1 aliphatic carbocycles. The lowest BCUT2D eigenvalue weighted by Crippen LogP contribution is -2.32. The first-order valence-corrected chi connectivity index (χ1v) is 11.1. The van der Waals surface area contributed by atoms with Crippen LogP contribution in [0, 0.1) is 18.8 Å². The lowest BCUT2D eigenvalue weighted by Gasteiger charge is -2.20. The van der Waals surface area contributed by atoms with Gasteiger partial charge in [-0.3, -0.25) is 14.4 Å². The molecule has 1 saturated carbocycles. The van der Waals surface area contributed by atoms with E-state index in [1.165, 1.54) is 5.56 Å². The predicted molar refractivity (Wildman–Crippen MR) is 119 cm³/mol. The maximum absolute atomic E-state index is 12.7. The zero-order chi connectivity index (χ0) is 21.5. The van der Waals surface area contributed by atoms with E-state index in [9.17, 15) is 14.4 Å². The number of fused-ring (bicyclic) bond motifs is 1. The first-order valence-electron chi connectivity index (χ1n) is 11.1. The van der Waals surface area contributed by atoms with Crippen LogP contribution in [-0.4, -0.2) is 30.8 Å². The van der Waals surface area contributed by atoms with Gasteiger partial charge in [-0.2, -0.15) is 0 Å². The van der Waals surface area contributed by atoms with E-state index in [1.54, 1.807) is 4.90 Å². The molecule has 1 N–H and O–H groups in total. The molecule has 2 aromatic rings. The van der Waals surface area contributed by atoms with Crippen LogP contribution in [0.3, 0.4) is 0 Å². The molecule has 2 fully saturated rings. The van der Waals surface area contributed by atoms with E-state index in [-0.39, 0.29) is 36.0 Å². The zero-order valence-corrected chi connectivity index (χ0v) is 17.8. The number of hydrogen-bond acceptors (Lipinski definition) is 3. The monoisotopic (exact) mass is 417 g/mol. The molecule has 160 valence electrons. The highest BCUT2D eigenvalue weighted by atomic mass is 16.2. The number of carbonyl (C=O) groups is 3. The smallest absolute Gasteiger partial charge is 0.230 e. The second-order valence-electron chi connectivity index (χ2n) is 8.94. The van der Waals surface area contributed by atoms with Gasteiger partial charge in [-0.15, -0.1) is 0 Å². The summed E-state index contributed by atoms with van der Waals surface area (Å²) in [5.41, 5.74) is 5.12. The summed E-state index contributed by atoms with van der Waals surface area (Å²) in [6.07, 6.45) is 3.03. The number of hydrogen-bond donors (Lipinski definition) is 1. The maximum atomic E-state index is 12.7. The van der Waals surface area contributed by atoms with Crippen molar-refractivity contribution in [3.05, 3.63) is 59.2 Å². The summed E-state index contributed by atoms with van der Waals surface area (Å²) in [6, 6.07) is 13.9. The van der Waals surface area contributed by atoms with Crippen LogP contribution in [0.15, 0.2) is 42.5 Å². The second-order valence-corrected chi connectivity index (χ2v) is 8.94. The molecule has 0 unspecified atom stereocenters. The fourth-order valence-electron chi connectivity index (χ4n) is 4.51. The summed E-state index contributed by atoms with van der Waals surface area (Å²) in [4.78, 5) is 41.4. The Morgan fingerprint density at radius 3 is 2.58 bits per heavy atom. The third-order valence-corrected chi connectivity index (χ3v) is 6.55. The molecule has 3 amide bonds. The Morgan fingerprint density at radius 1 is 1.06 bits per heavy atom. The molecule has 0 radical (unpaired) electrons. The molecule has 6 heteroatoms. The highest BCUT2D eigenvalue weighted by molar-refractivity contribution is 6.02. The summed E-state index contributed by atoms with van der Waals surface area (Å²) in [6.45, 7) is 3.60. The average molecular weight is 418 g/mol. The predicted octanol–water partition coefficient (Wildman–Crippen LogP) is 2.96. The Labute approximate surface area is 182 Å². The van der Waals surface area contributed by atoms with Gasteiger partial charge in [0.2, 0.25) is 17.7 Å². The van der Waals surface area contributed by atoms with Crippen molar-refractivity contribution in [1.29, 1.82) is 0 Å². The highest BCUT2D eigenvalue weighted by Gasteiger charge is 2.38. The van der Waals surface area contributed by atoms with Crippen LogP contribution in [0.2, 0.25) is 0 Å². The van der Waals surface area contributed by atoms with Crippen molar-refractivity contribution in [2.45, 2.75) is 39.2 Å². The Kier molecular flexibility index (Phi) is 5.00. The molecular formula is C25H27N3O3. The third-order valence-electron chi connectivity index (χ3n) is 6.55. The molecule has 1 atom stereocenters. The van der Waals surface area contributed by atoms with E-state index < -0.39 is 0 Å². The first-order chi connectivity index (χ1) is 15.0. The number of nitrogens with zero attached hydrogens (tertiary/aromatic N) is 2. The highest BCUT2D eigenvalue weighted by Crippen LogP contribution is 2.38. The van der Waals surface area contributed by atoms with Crippen LogP contribution in [0.5, 0.6) is 0 Å². The van der Waals surface area contributed by atoms with Crippen molar-refractivity contribution in [1.82, 2.24) is 5.32 Å². The van der Waals surface area contributed by atoms with Crippen LogP contribution < -0.4 is 15.1 Å². The Morgan fingerprint density at radius 2 is 1.84 bits per heavy atom. The Balaban J connectivity index is 1.23. The lowest BCUT2D eigenvalue weighted by molar-refractivity contribution is -0.126. The topological polar surface area (TPSA) is 69.7 Å². The van der Waals surface area contributed by atoms with Gasteiger partial charge in [-0.05, 0) is 55.5 Å². The quantitative estimate of drug-likeness (QED) is 0.813. The van der Waals surface area contributed by atoms with Crippen LogP contribution >= 0.6 is 0 Å². The van der Waals surface area contributed by atoms with E-state index in [4.69, 9.17) is 0 Å². The van der Waals surface area contributed by atoms with Crippen LogP contribution in [0.25, 0.3) is 0 Å². The molecule has 6 nitrogen and oxygen atoms in total. The summed E-state index contributed by atoms with van der Waals surface area (Å²) < 4.78 is 0. The van der Waals surface area contributed by atoms with Gasteiger partial charge in [0, 0.05) is 43.3 Å². The minimum absolute atomic E-state index is 0.0284. The molecule has 3 aliphatic rings. The minimum atomic E-state index is -0.348. The third kappa shape index (κ3) is 3.94. The van der Waals surface area contributed by atoms with Gasteiger partial charge >= 0.3 is 0 Å². The average Bonchev–Trinajstić information content (AvgIpc) is 3.43. The number of rotatable bonds is 5. The van der Waals surface area contributed by atoms with Gasteiger partial charge in [0.15, 0.2) is 0 Å². The number of benzene rings is 2. The number of carbonyl (C=O) groups excluding carboxylic acids is 3. The SMILES string of the molecule is Cc1ccc(CNC(=O)[C@H]2CC(=O)N(c3ccc4c(c3)CCN4C(=O)C3CC3)C2)cc1. The summed E-state index contributed by atoms with van der Waals surface area (Å²) in [5.74, 6) is -0.0312.